The molecule has 2 unspecified atom stereocenters. The highest BCUT2D eigenvalue weighted by Crippen LogP contribution is 2.59. The number of amides is 1. The summed E-state index contributed by atoms with van der Waals surface area (Å²) in [6.45, 7) is 5.94. The Bertz CT molecular complexity index is 1730. The van der Waals surface area contributed by atoms with Crippen molar-refractivity contribution in [1.82, 2.24) is 29.9 Å². The van der Waals surface area contributed by atoms with Crippen molar-refractivity contribution < 1.29 is 9.53 Å². The monoisotopic (exact) mass is 475 g/mol. The molecule has 2 aromatic carbocycles. The molecule has 2 fully saturated rings. The van der Waals surface area contributed by atoms with Gasteiger partial charge >= 0.3 is 0 Å². The second kappa shape index (κ2) is 7.35. The normalized spacial score (nSPS) is 20.4. The van der Waals surface area contributed by atoms with Gasteiger partial charge in [0, 0.05) is 34.8 Å². The number of hydrogen-bond donors (Lipinski definition) is 2. The SMILES string of the molecule is C=C1C(=O)NC2(c3ccc4ncnc(Nc5ccc(Oc6ccn7ncnc7c6)c(C)c5)c4c3)CC12. The minimum Gasteiger partial charge on any atom is -0.457 e. The van der Waals surface area contributed by atoms with Crippen LogP contribution in [0.3, 0.4) is 0 Å². The summed E-state index contributed by atoms with van der Waals surface area (Å²) in [6, 6.07) is 15.7. The molecule has 36 heavy (non-hydrogen) atoms. The number of rotatable bonds is 5. The second-order valence-corrected chi connectivity index (χ2v) is 9.29. The number of aromatic nitrogens is 5. The van der Waals surface area contributed by atoms with E-state index in [9.17, 15) is 4.79 Å². The van der Waals surface area contributed by atoms with Gasteiger partial charge in [0.05, 0.1) is 11.1 Å². The molecule has 0 bridgehead atoms. The number of benzene rings is 2. The molecule has 2 N–H and O–H groups in total. The Hall–Kier alpha value is -4.79. The Morgan fingerprint density at radius 2 is 2.03 bits per heavy atom. The quantitative estimate of drug-likeness (QED) is 0.363. The molecule has 9 heteroatoms. The van der Waals surface area contributed by atoms with E-state index >= 15 is 0 Å². The van der Waals surface area contributed by atoms with E-state index < -0.39 is 0 Å². The number of anilines is 2. The third kappa shape index (κ3) is 3.13. The molecule has 5 aromatic rings. The van der Waals surface area contributed by atoms with Crippen LogP contribution in [0.5, 0.6) is 11.5 Å². The van der Waals surface area contributed by atoms with Gasteiger partial charge in [0.15, 0.2) is 5.65 Å². The van der Waals surface area contributed by atoms with Crippen molar-refractivity contribution in [3.63, 3.8) is 0 Å². The van der Waals surface area contributed by atoms with Crippen molar-refractivity contribution in [3.05, 3.63) is 90.7 Å². The number of nitrogens with one attached hydrogen (secondary N) is 2. The van der Waals surface area contributed by atoms with Crippen LogP contribution in [0.15, 0.2) is 79.5 Å². The highest BCUT2D eigenvalue weighted by Gasteiger charge is 2.63. The average Bonchev–Trinajstić information content (AvgIpc) is 3.30. The highest BCUT2D eigenvalue weighted by molar-refractivity contribution is 6.00. The molecular weight excluding hydrogens is 454 g/mol. The number of piperidine rings is 1. The summed E-state index contributed by atoms with van der Waals surface area (Å²) in [5.74, 6) is 2.23. The van der Waals surface area contributed by atoms with E-state index in [2.05, 4.69) is 43.3 Å². The second-order valence-electron chi connectivity index (χ2n) is 9.29. The van der Waals surface area contributed by atoms with Crippen LogP contribution in [-0.4, -0.2) is 30.5 Å². The molecule has 1 saturated carbocycles. The van der Waals surface area contributed by atoms with E-state index in [4.69, 9.17) is 4.74 Å². The Morgan fingerprint density at radius 3 is 2.86 bits per heavy atom. The van der Waals surface area contributed by atoms with Crippen LogP contribution in [0.25, 0.3) is 16.6 Å². The molecule has 2 atom stereocenters. The fourth-order valence-electron chi connectivity index (χ4n) is 5.05. The first kappa shape index (κ1) is 20.6. The van der Waals surface area contributed by atoms with Gasteiger partial charge in [-0.3, -0.25) is 4.79 Å². The Kier molecular flexibility index (Phi) is 4.20. The lowest BCUT2D eigenvalue weighted by Crippen LogP contribution is -2.29. The van der Waals surface area contributed by atoms with Crippen LogP contribution >= 0.6 is 0 Å². The molecule has 1 amide bonds. The number of pyridine rings is 1. The largest absolute Gasteiger partial charge is 0.457 e. The van der Waals surface area contributed by atoms with Gasteiger partial charge in [0.1, 0.15) is 30.0 Å². The van der Waals surface area contributed by atoms with Crippen molar-refractivity contribution >= 4 is 34.0 Å². The van der Waals surface area contributed by atoms with Gasteiger partial charge in [-0.1, -0.05) is 12.6 Å². The molecule has 0 radical (unpaired) electrons. The van der Waals surface area contributed by atoms with E-state index in [0.717, 1.165) is 45.5 Å². The number of aryl methyl sites for hydroxylation is 1. The fraction of sp³-hybridized carbons (Fsp3) is 0.148. The molecule has 1 aliphatic carbocycles. The lowest BCUT2D eigenvalue weighted by atomic mass is 10.0. The first-order valence-electron chi connectivity index (χ1n) is 11.6. The van der Waals surface area contributed by atoms with Crippen LogP contribution in [0.4, 0.5) is 11.5 Å². The van der Waals surface area contributed by atoms with E-state index in [1.165, 1.54) is 6.33 Å². The number of ether oxygens (including phenoxy) is 1. The maximum Gasteiger partial charge on any atom is 0.247 e. The molecule has 4 heterocycles. The summed E-state index contributed by atoms with van der Waals surface area (Å²) in [4.78, 5) is 25.3. The fourth-order valence-corrected chi connectivity index (χ4v) is 5.05. The topological polar surface area (TPSA) is 106 Å². The van der Waals surface area contributed by atoms with Crippen LogP contribution in [0, 0.1) is 12.8 Å². The summed E-state index contributed by atoms with van der Waals surface area (Å²) in [7, 11) is 0. The smallest absolute Gasteiger partial charge is 0.247 e. The number of carbonyl (C=O) groups is 1. The van der Waals surface area contributed by atoms with Gasteiger partial charge in [-0.05, 0) is 60.9 Å². The van der Waals surface area contributed by atoms with Crippen LogP contribution < -0.4 is 15.4 Å². The number of fused-ring (bicyclic) bond motifs is 3. The van der Waals surface area contributed by atoms with Gasteiger partial charge in [0.25, 0.3) is 0 Å². The van der Waals surface area contributed by atoms with Crippen LogP contribution in [0.1, 0.15) is 17.5 Å². The Morgan fingerprint density at radius 1 is 1.11 bits per heavy atom. The third-order valence-corrected chi connectivity index (χ3v) is 7.08. The first-order chi connectivity index (χ1) is 17.5. The summed E-state index contributed by atoms with van der Waals surface area (Å²) in [5, 5.41) is 11.5. The lowest BCUT2D eigenvalue weighted by Gasteiger charge is -2.16. The van der Waals surface area contributed by atoms with Gasteiger partial charge < -0.3 is 15.4 Å². The molecule has 2 aliphatic rings. The highest BCUT2D eigenvalue weighted by atomic mass is 16.5. The van der Waals surface area contributed by atoms with Crippen molar-refractivity contribution in [3.8, 4) is 11.5 Å². The first-order valence-corrected chi connectivity index (χ1v) is 11.6. The molecule has 9 nitrogen and oxygen atoms in total. The predicted molar refractivity (Wildman–Crippen MR) is 134 cm³/mol. The minimum atomic E-state index is -0.347. The van der Waals surface area contributed by atoms with E-state index in [-0.39, 0.29) is 17.4 Å². The van der Waals surface area contributed by atoms with Gasteiger partial charge in [-0.15, -0.1) is 0 Å². The molecule has 0 spiro atoms. The molecular formula is C27H21N7O2. The molecule has 7 rings (SSSR count). The Labute approximate surface area is 205 Å². The predicted octanol–water partition coefficient (Wildman–Crippen LogP) is 4.42. The summed E-state index contributed by atoms with van der Waals surface area (Å²) in [5.41, 5.74) is 4.76. The van der Waals surface area contributed by atoms with Crippen molar-refractivity contribution in [2.45, 2.75) is 18.9 Å². The average molecular weight is 476 g/mol. The molecule has 1 saturated heterocycles. The zero-order chi connectivity index (χ0) is 24.4. The van der Waals surface area contributed by atoms with Crippen molar-refractivity contribution in [1.29, 1.82) is 0 Å². The minimum absolute atomic E-state index is 0.0619. The maximum absolute atomic E-state index is 12.1. The number of carbonyl (C=O) groups excluding carboxylic acids is 1. The van der Waals surface area contributed by atoms with Gasteiger partial charge in [-0.25, -0.2) is 19.5 Å². The third-order valence-electron chi connectivity index (χ3n) is 7.08. The van der Waals surface area contributed by atoms with Crippen LogP contribution in [0.2, 0.25) is 0 Å². The zero-order valence-corrected chi connectivity index (χ0v) is 19.4. The van der Waals surface area contributed by atoms with Crippen molar-refractivity contribution in [2.24, 2.45) is 5.92 Å². The molecule has 3 aromatic heterocycles. The number of nitrogens with zero attached hydrogens (tertiary/aromatic N) is 5. The van der Waals surface area contributed by atoms with Gasteiger partial charge in [-0.2, -0.15) is 5.10 Å². The van der Waals surface area contributed by atoms with E-state index in [0.29, 0.717) is 17.1 Å². The van der Waals surface area contributed by atoms with E-state index in [1.54, 1.807) is 10.8 Å². The maximum atomic E-state index is 12.1. The lowest BCUT2D eigenvalue weighted by molar-refractivity contribution is -0.117. The summed E-state index contributed by atoms with van der Waals surface area (Å²) < 4.78 is 7.78. The summed E-state index contributed by atoms with van der Waals surface area (Å²) >= 11 is 0. The molecule has 1 aliphatic heterocycles. The van der Waals surface area contributed by atoms with Gasteiger partial charge in [0.2, 0.25) is 5.91 Å². The molecule has 176 valence electrons. The van der Waals surface area contributed by atoms with Crippen molar-refractivity contribution in [2.75, 3.05) is 5.32 Å². The van der Waals surface area contributed by atoms with E-state index in [1.807, 2.05) is 55.6 Å². The van der Waals surface area contributed by atoms with Crippen LogP contribution in [-0.2, 0) is 10.3 Å². The number of hydrogen-bond acceptors (Lipinski definition) is 7. The Balaban J connectivity index is 1.17. The summed E-state index contributed by atoms with van der Waals surface area (Å²) in [6.07, 6.45) is 5.75. The zero-order valence-electron chi connectivity index (χ0n) is 19.4. The standard InChI is InChI=1S/C27H21N7O2/c1-15-9-18(4-6-23(15)36-19-7-8-34-24(11-19)29-14-31-34)32-25-20-10-17(3-5-22(20)28-13-30-25)27-12-21(27)16(2)26(35)33-27/h3-11,13-14,21H,2,12H2,1H3,(H,33,35)(H,28,30,32).